The first-order valence-corrected chi connectivity index (χ1v) is 2.96. The minimum Gasteiger partial charge on any atom is -0.384 e. The molecule has 0 aromatic heterocycles. The topological polar surface area (TPSA) is 73.1 Å². The maximum absolute atomic E-state index is 10.6. The predicted molar refractivity (Wildman–Crippen MR) is 34.9 cm³/mol. The molecule has 56 valence electrons. The van der Waals surface area contributed by atoms with Gasteiger partial charge in [-0.05, 0) is 13.8 Å². The maximum Gasteiger partial charge on any atom is 0.249 e. The van der Waals surface area contributed by atoms with E-state index in [9.17, 15) is 4.79 Å². The highest BCUT2D eigenvalue weighted by Crippen LogP contribution is 1.82. The van der Waals surface area contributed by atoms with Crippen LogP contribution in [0.15, 0.2) is 0 Å². The number of nitrogens with zero attached hydrogens (tertiary/aromatic N) is 1. The minimum atomic E-state index is -1.05. The van der Waals surface area contributed by atoms with Crippen molar-refractivity contribution in [1.82, 2.24) is 5.32 Å². The standard InChI is InChI=1S/C6H10N2O2/c1-4(3-7)8-6(10)5(2)9/h4-5,9H,1-2H3,(H,8,10). The molecule has 4 heteroatoms. The van der Waals surface area contributed by atoms with Crippen LogP contribution >= 0.6 is 0 Å². The Kier molecular flexibility index (Phi) is 3.44. The van der Waals surface area contributed by atoms with Crippen LogP contribution in [0.25, 0.3) is 0 Å². The van der Waals surface area contributed by atoms with Gasteiger partial charge in [-0.25, -0.2) is 0 Å². The molecule has 0 aliphatic rings. The highest BCUT2D eigenvalue weighted by atomic mass is 16.3. The number of nitrogens with one attached hydrogen (secondary N) is 1. The van der Waals surface area contributed by atoms with E-state index >= 15 is 0 Å². The number of hydrogen-bond donors (Lipinski definition) is 2. The molecule has 10 heavy (non-hydrogen) atoms. The molecule has 0 rings (SSSR count). The second kappa shape index (κ2) is 3.85. The van der Waals surface area contributed by atoms with Crippen LogP contribution in [0.3, 0.4) is 0 Å². The molecule has 0 saturated carbocycles. The van der Waals surface area contributed by atoms with Gasteiger partial charge in [-0.3, -0.25) is 4.79 Å². The molecule has 2 N–H and O–H groups in total. The van der Waals surface area contributed by atoms with Gasteiger partial charge >= 0.3 is 0 Å². The Balaban J connectivity index is 3.71. The summed E-state index contributed by atoms with van der Waals surface area (Å²) in [4.78, 5) is 10.6. The molecule has 0 radical (unpaired) electrons. The Labute approximate surface area is 59.5 Å². The third-order valence-corrected chi connectivity index (χ3v) is 0.932. The van der Waals surface area contributed by atoms with Crippen molar-refractivity contribution in [3.63, 3.8) is 0 Å². The summed E-state index contributed by atoms with van der Waals surface area (Å²) in [5, 5.41) is 19.1. The lowest BCUT2D eigenvalue weighted by molar-refractivity contribution is -0.128. The van der Waals surface area contributed by atoms with Crippen LogP contribution in [-0.4, -0.2) is 23.2 Å². The molecule has 1 amide bonds. The van der Waals surface area contributed by atoms with E-state index in [0.717, 1.165) is 0 Å². The number of amides is 1. The van der Waals surface area contributed by atoms with Gasteiger partial charge in [0.1, 0.15) is 12.1 Å². The zero-order chi connectivity index (χ0) is 8.15. The Bertz CT molecular complexity index is 160. The van der Waals surface area contributed by atoms with Gasteiger partial charge < -0.3 is 10.4 Å². The van der Waals surface area contributed by atoms with Crippen molar-refractivity contribution in [2.45, 2.75) is 26.0 Å². The van der Waals surface area contributed by atoms with E-state index in [0.29, 0.717) is 0 Å². The molecule has 0 saturated heterocycles. The normalized spacial score (nSPS) is 15.0. The van der Waals surface area contributed by atoms with Gasteiger partial charge in [0, 0.05) is 0 Å². The summed E-state index contributed by atoms with van der Waals surface area (Å²) in [6.07, 6.45) is -1.05. The van der Waals surface area contributed by atoms with Crippen molar-refractivity contribution in [2.24, 2.45) is 0 Å². The van der Waals surface area contributed by atoms with Crippen LogP contribution in [-0.2, 0) is 4.79 Å². The first-order valence-electron chi connectivity index (χ1n) is 2.96. The van der Waals surface area contributed by atoms with Crippen LogP contribution < -0.4 is 5.32 Å². The smallest absolute Gasteiger partial charge is 0.249 e. The number of aliphatic hydroxyl groups excluding tert-OH is 1. The first kappa shape index (κ1) is 8.92. The molecule has 0 aromatic carbocycles. The number of rotatable bonds is 2. The molecular weight excluding hydrogens is 132 g/mol. The van der Waals surface area contributed by atoms with Crippen LogP contribution in [0.2, 0.25) is 0 Å². The minimum absolute atomic E-state index is 0.519. The van der Waals surface area contributed by atoms with E-state index in [1.165, 1.54) is 6.92 Å². The van der Waals surface area contributed by atoms with Gasteiger partial charge in [0.05, 0.1) is 6.07 Å². The Morgan fingerprint density at radius 1 is 1.70 bits per heavy atom. The Morgan fingerprint density at radius 2 is 2.20 bits per heavy atom. The maximum atomic E-state index is 10.6. The molecule has 0 aliphatic heterocycles. The molecule has 0 heterocycles. The average Bonchev–Trinajstić information content (AvgIpc) is 1.87. The van der Waals surface area contributed by atoms with Crippen molar-refractivity contribution in [1.29, 1.82) is 5.26 Å². The fourth-order valence-electron chi connectivity index (χ4n) is 0.366. The zero-order valence-electron chi connectivity index (χ0n) is 5.96. The van der Waals surface area contributed by atoms with Gasteiger partial charge in [-0.15, -0.1) is 0 Å². The van der Waals surface area contributed by atoms with Crippen LogP contribution in [0.5, 0.6) is 0 Å². The number of aliphatic hydroxyl groups is 1. The van der Waals surface area contributed by atoms with Gasteiger partial charge in [-0.1, -0.05) is 0 Å². The van der Waals surface area contributed by atoms with Crippen LogP contribution in [0, 0.1) is 11.3 Å². The van der Waals surface area contributed by atoms with Crippen molar-refractivity contribution in [2.75, 3.05) is 0 Å². The molecule has 4 nitrogen and oxygen atoms in total. The van der Waals surface area contributed by atoms with Crippen LogP contribution in [0.1, 0.15) is 13.8 Å². The fourth-order valence-corrected chi connectivity index (χ4v) is 0.366. The van der Waals surface area contributed by atoms with E-state index in [1.807, 2.05) is 6.07 Å². The summed E-state index contributed by atoms with van der Waals surface area (Å²) >= 11 is 0. The van der Waals surface area contributed by atoms with Gasteiger partial charge in [-0.2, -0.15) is 5.26 Å². The number of carbonyl (C=O) groups is 1. The van der Waals surface area contributed by atoms with Gasteiger partial charge in [0.15, 0.2) is 0 Å². The highest BCUT2D eigenvalue weighted by Gasteiger charge is 2.10. The van der Waals surface area contributed by atoms with Crippen molar-refractivity contribution >= 4 is 5.91 Å². The quantitative estimate of drug-likeness (QED) is 0.540. The van der Waals surface area contributed by atoms with Crippen LogP contribution in [0.4, 0.5) is 0 Å². The van der Waals surface area contributed by atoms with Gasteiger partial charge in [0.2, 0.25) is 5.91 Å². The average molecular weight is 142 g/mol. The summed E-state index contributed by atoms with van der Waals surface area (Å²) in [5.74, 6) is -0.519. The van der Waals surface area contributed by atoms with Crippen molar-refractivity contribution in [3.8, 4) is 6.07 Å². The molecule has 0 aromatic rings. The van der Waals surface area contributed by atoms with E-state index in [1.54, 1.807) is 6.92 Å². The van der Waals surface area contributed by atoms with E-state index in [-0.39, 0.29) is 0 Å². The van der Waals surface area contributed by atoms with E-state index < -0.39 is 18.1 Å². The Morgan fingerprint density at radius 3 is 2.50 bits per heavy atom. The van der Waals surface area contributed by atoms with Gasteiger partial charge in [0.25, 0.3) is 0 Å². The second-order valence-electron chi connectivity index (χ2n) is 2.04. The molecule has 0 aliphatic carbocycles. The molecule has 0 spiro atoms. The van der Waals surface area contributed by atoms with E-state index in [2.05, 4.69) is 5.32 Å². The largest absolute Gasteiger partial charge is 0.384 e. The third-order valence-electron chi connectivity index (χ3n) is 0.932. The summed E-state index contributed by atoms with van der Waals surface area (Å²) in [5.41, 5.74) is 0. The lowest BCUT2D eigenvalue weighted by Gasteiger charge is -2.06. The lowest BCUT2D eigenvalue weighted by atomic mass is 10.3. The first-order chi connectivity index (χ1) is 4.57. The third kappa shape index (κ3) is 3.05. The van der Waals surface area contributed by atoms with Crippen molar-refractivity contribution in [3.05, 3.63) is 0 Å². The number of carbonyl (C=O) groups excluding carboxylic acids is 1. The SMILES string of the molecule is CC(C#N)NC(=O)C(C)O. The highest BCUT2D eigenvalue weighted by molar-refractivity contribution is 5.80. The summed E-state index contributed by atoms with van der Waals surface area (Å²) in [6.45, 7) is 2.89. The summed E-state index contributed by atoms with van der Waals surface area (Å²) < 4.78 is 0. The summed E-state index contributed by atoms with van der Waals surface area (Å²) in [7, 11) is 0. The number of hydrogen-bond acceptors (Lipinski definition) is 3. The second-order valence-corrected chi connectivity index (χ2v) is 2.04. The fraction of sp³-hybridized carbons (Fsp3) is 0.667. The predicted octanol–water partition coefficient (Wildman–Crippen LogP) is -0.605. The monoisotopic (exact) mass is 142 g/mol. The number of nitriles is 1. The lowest BCUT2D eigenvalue weighted by Crippen LogP contribution is -2.37. The Hall–Kier alpha value is -1.08. The van der Waals surface area contributed by atoms with E-state index in [4.69, 9.17) is 10.4 Å². The molecule has 2 atom stereocenters. The molecule has 2 unspecified atom stereocenters. The molecule has 0 bridgehead atoms. The molecular formula is C6H10N2O2. The van der Waals surface area contributed by atoms with Crippen molar-refractivity contribution < 1.29 is 9.90 Å². The summed E-state index contributed by atoms with van der Waals surface area (Å²) in [6, 6.07) is 1.27. The molecule has 0 fully saturated rings. The zero-order valence-corrected chi connectivity index (χ0v) is 5.96.